The second-order valence-electron chi connectivity index (χ2n) is 4.45. The molecule has 1 fully saturated rings. The largest absolute Gasteiger partial charge is 0.392 e. The molecule has 1 saturated heterocycles. The van der Waals surface area contributed by atoms with Crippen LogP contribution < -0.4 is 0 Å². The van der Waals surface area contributed by atoms with E-state index in [9.17, 15) is 10.2 Å². The molecule has 1 rings (SSSR count). The fraction of sp³-hybridized carbons (Fsp3) is 0.818. The lowest BCUT2D eigenvalue weighted by Gasteiger charge is -2.27. The Kier molecular flexibility index (Phi) is 4.28. The second kappa shape index (κ2) is 5.07. The third-order valence-corrected chi connectivity index (χ3v) is 2.64. The molecule has 0 aromatic heterocycles. The molecule has 3 unspecified atom stereocenters. The molecule has 0 radical (unpaired) electrons. The van der Waals surface area contributed by atoms with Gasteiger partial charge in [0.1, 0.15) is 0 Å². The molecule has 1 aliphatic heterocycles. The molecule has 4 nitrogen and oxygen atoms in total. The third-order valence-electron chi connectivity index (χ3n) is 2.64. The number of hydrogen-bond donors (Lipinski definition) is 2. The van der Waals surface area contributed by atoms with E-state index < -0.39 is 5.79 Å². The van der Waals surface area contributed by atoms with Crippen molar-refractivity contribution in [3.63, 3.8) is 0 Å². The number of nitrogens with zero attached hydrogens (tertiary/aromatic N) is 1. The summed E-state index contributed by atoms with van der Waals surface area (Å²) in [6.07, 6.45) is 2.50. The smallest absolute Gasteiger partial charge is 0.182 e. The molecule has 0 aromatic carbocycles. The predicted molar refractivity (Wildman–Crippen MR) is 58.4 cm³/mol. The van der Waals surface area contributed by atoms with Crippen LogP contribution >= 0.6 is 0 Å². The lowest BCUT2D eigenvalue weighted by atomic mass is 10.1. The summed E-state index contributed by atoms with van der Waals surface area (Å²) >= 11 is 0. The Morgan fingerprint density at radius 3 is 2.73 bits per heavy atom. The van der Waals surface area contributed by atoms with Gasteiger partial charge >= 0.3 is 0 Å². The van der Waals surface area contributed by atoms with Crippen LogP contribution in [0.15, 0.2) is 12.7 Å². The van der Waals surface area contributed by atoms with Crippen LogP contribution in [0.3, 0.4) is 0 Å². The number of aliphatic hydroxyl groups excluding tert-OH is 1. The molecule has 0 amide bonds. The van der Waals surface area contributed by atoms with Gasteiger partial charge in [0.2, 0.25) is 0 Å². The second-order valence-corrected chi connectivity index (χ2v) is 4.45. The van der Waals surface area contributed by atoms with E-state index in [0.29, 0.717) is 13.0 Å². The summed E-state index contributed by atoms with van der Waals surface area (Å²) in [4.78, 5) is 2.02. The number of rotatable bonds is 3. The van der Waals surface area contributed by atoms with Crippen molar-refractivity contribution in [2.24, 2.45) is 0 Å². The normalized spacial score (nSPS) is 33.1. The molecule has 0 saturated carbocycles. The van der Waals surface area contributed by atoms with E-state index in [1.807, 2.05) is 11.9 Å². The molecule has 0 spiro atoms. The van der Waals surface area contributed by atoms with E-state index >= 15 is 0 Å². The van der Waals surface area contributed by atoms with Crippen molar-refractivity contribution in [1.82, 2.24) is 4.90 Å². The van der Waals surface area contributed by atoms with Crippen LogP contribution in [0.25, 0.3) is 0 Å². The zero-order valence-electron chi connectivity index (χ0n) is 9.52. The number of ether oxygens (including phenoxy) is 1. The number of likely N-dealkylation sites (N-methyl/N-ethyl adjacent to an activating group) is 1. The Balaban J connectivity index is 2.51. The molecule has 1 heterocycles. The Bertz CT molecular complexity index is 218. The van der Waals surface area contributed by atoms with Gasteiger partial charge in [0.25, 0.3) is 0 Å². The standard InChI is InChI=1S/C11H21NO3/c1-4-11(2,14)15-10-6-5-9(13)7-12(3)8-10/h4,9-10,13-14H,1,5-8H2,2-3H3. The van der Waals surface area contributed by atoms with Gasteiger partial charge in [0, 0.05) is 13.1 Å². The number of likely N-dealkylation sites (tertiary alicyclic amines) is 1. The highest BCUT2D eigenvalue weighted by Gasteiger charge is 2.26. The topological polar surface area (TPSA) is 52.9 Å². The van der Waals surface area contributed by atoms with E-state index in [0.717, 1.165) is 13.0 Å². The van der Waals surface area contributed by atoms with Crippen molar-refractivity contribution in [3.05, 3.63) is 12.7 Å². The van der Waals surface area contributed by atoms with E-state index in [1.165, 1.54) is 6.08 Å². The molecular weight excluding hydrogens is 194 g/mol. The van der Waals surface area contributed by atoms with Crippen LogP contribution in [-0.2, 0) is 4.74 Å². The van der Waals surface area contributed by atoms with E-state index in [4.69, 9.17) is 4.74 Å². The van der Waals surface area contributed by atoms with Crippen molar-refractivity contribution in [2.45, 2.75) is 37.8 Å². The van der Waals surface area contributed by atoms with Crippen LogP contribution in [0.4, 0.5) is 0 Å². The first-order valence-electron chi connectivity index (χ1n) is 5.33. The Morgan fingerprint density at radius 1 is 1.47 bits per heavy atom. The average molecular weight is 215 g/mol. The minimum absolute atomic E-state index is 0.0554. The van der Waals surface area contributed by atoms with Gasteiger partial charge < -0.3 is 19.8 Å². The summed E-state index contributed by atoms with van der Waals surface area (Å²) in [5.41, 5.74) is 0. The summed E-state index contributed by atoms with van der Waals surface area (Å²) in [6.45, 7) is 6.47. The summed E-state index contributed by atoms with van der Waals surface area (Å²) in [7, 11) is 1.94. The van der Waals surface area contributed by atoms with Gasteiger partial charge in [-0.25, -0.2) is 0 Å². The van der Waals surface area contributed by atoms with Crippen molar-refractivity contribution in [2.75, 3.05) is 20.1 Å². The van der Waals surface area contributed by atoms with Crippen molar-refractivity contribution in [1.29, 1.82) is 0 Å². The van der Waals surface area contributed by atoms with Gasteiger partial charge in [-0.05, 0) is 32.9 Å². The summed E-state index contributed by atoms with van der Waals surface area (Å²) < 4.78 is 5.51. The van der Waals surface area contributed by atoms with E-state index in [2.05, 4.69) is 6.58 Å². The van der Waals surface area contributed by atoms with Gasteiger partial charge in [-0.3, -0.25) is 0 Å². The zero-order chi connectivity index (χ0) is 11.5. The van der Waals surface area contributed by atoms with Crippen LogP contribution in [0.1, 0.15) is 19.8 Å². The third kappa shape index (κ3) is 4.30. The molecule has 0 aromatic rings. The van der Waals surface area contributed by atoms with E-state index in [-0.39, 0.29) is 12.2 Å². The van der Waals surface area contributed by atoms with Crippen LogP contribution in [-0.4, -0.2) is 53.2 Å². The number of aliphatic hydroxyl groups is 2. The predicted octanol–water partition coefficient (Wildman–Crippen LogP) is 0.353. The molecule has 4 heteroatoms. The van der Waals surface area contributed by atoms with Gasteiger partial charge in [0.05, 0.1) is 12.2 Å². The van der Waals surface area contributed by atoms with Crippen molar-refractivity contribution >= 4 is 0 Å². The molecule has 88 valence electrons. The highest BCUT2D eigenvalue weighted by Crippen LogP contribution is 2.18. The summed E-state index contributed by atoms with van der Waals surface area (Å²) in [5.74, 6) is -1.28. The van der Waals surface area contributed by atoms with Gasteiger partial charge in [0.15, 0.2) is 5.79 Å². The van der Waals surface area contributed by atoms with Crippen molar-refractivity contribution < 1.29 is 14.9 Å². The highest BCUT2D eigenvalue weighted by molar-refractivity contribution is 4.86. The SMILES string of the molecule is C=CC(C)(O)OC1CCC(O)CN(C)C1. The average Bonchev–Trinajstić information content (AvgIpc) is 2.27. The number of hydrogen-bond acceptors (Lipinski definition) is 4. The first kappa shape index (κ1) is 12.6. The molecule has 0 aliphatic carbocycles. The fourth-order valence-corrected chi connectivity index (χ4v) is 1.82. The lowest BCUT2D eigenvalue weighted by Crippen LogP contribution is -2.37. The van der Waals surface area contributed by atoms with Crippen LogP contribution in [0, 0.1) is 0 Å². The Morgan fingerprint density at radius 2 is 2.13 bits per heavy atom. The molecule has 2 N–H and O–H groups in total. The molecule has 3 atom stereocenters. The lowest BCUT2D eigenvalue weighted by molar-refractivity contribution is -0.187. The van der Waals surface area contributed by atoms with Crippen LogP contribution in [0.5, 0.6) is 0 Å². The van der Waals surface area contributed by atoms with Crippen LogP contribution in [0.2, 0.25) is 0 Å². The zero-order valence-corrected chi connectivity index (χ0v) is 9.52. The molecule has 0 bridgehead atoms. The van der Waals surface area contributed by atoms with Gasteiger partial charge in [-0.2, -0.15) is 0 Å². The first-order chi connectivity index (χ1) is 6.93. The minimum atomic E-state index is -1.28. The Labute approximate surface area is 91.2 Å². The van der Waals surface area contributed by atoms with Crippen molar-refractivity contribution in [3.8, 4) is 0 Å². The number of β-amino-alcohol motifs (C(OH)–C–C–N with tert-alkyl or cyclic N) is 1. The van der Waals surface area contributed by atoms with Gasteiger partial charge in [-0.1, -0.05) is 6.58 Å². The quantitative estimate of drug-likeness (QED) is 0.527. The maximum absolute atomic E-state index is 9.70. The maximum Gasteiger partial charge on any atom is 0.182 e. The summed E-state index contributed by atoms with van der Waals surface area (Å²) in [5, 5.41) is 19.3. The first-order valence-corrected chi connectivity index (χ1v) is 5.33. The maximum atomic E-state index is 9.70. The fourth-order valence-electron chi connectivity index (χ4n) is 1.82. The summed E-state index contributed by atoms with van der Waals surface area (Å²) in [6, 6.07) is 0. The molecular formula is C11H21NO3. The minimum Gasteiger partial charge on any atom is -0.392 e. The van der Waals surface area contributed by atoms with E-state index in [1.54, 1.807) is 6.92 Å². The molecule has 15 heavy (non-hydrogen) atoms. The van der Waals surface area contributed by atoms with Gasteiger partial charge in [-0.15, -0.1) is 0 Å². The highest BCUT2D eigenvalue weighted by atomic mass is 16.6. The monoisotopic (exact) mass is 215 g/mol. The Hall–Kier alpha value is -0.420. The molecule has 1 aliphatic rings.